The smallest absolute Gasteiger partial charge is 0.242 e. The molecule has 3 rings (SSSR count). The molecule has 2 aliphatic heterocycles. The van der Waals surface area contributed by atoms with Gasteiger partial charge in [0, 0.05) is 23.0 Å². The molecular weight excluding hydrogens is 308 g/mol. The predicted octanol–water partition coefficient (Wildman–Crippen LogP) is 1.53. The molecule has 3 heterocycles. The van der Waals surface area contributed by atoms with Gasteiger partial charge in [-0.1, -0.05) is 6.42 Å². The largest absolute Gasteiger partial charge is 0.391 e. The van der Waals surface area contributed by atoms with Gasteiger partial charge in [0.05, 0.1) is 11.5 Å². The maximum absolute atomic E-state index is 12.5. The van der Waals surface area contributed by atoms with Crippen molar-refractivity contribution in [3.8, 4) is 0 Å². The van der Waals surface area contributed by atoms with Crippen LogP contribution in [0.2, 0.25) is 0 Å². The summed E-state index contributed by atoms with van der Waals surface area (Å²) in [7, 11) is -1.37. The van der Waals surface area contributed by atoms with Gasteiger partial charge in [0.2, 0.25) is 10.0 Å². The topological polar surface area (TPSA) is 69.6 Å². The molecule has 0 amide bonds. The number of nitrogens with one attached hydrogen (secondary N) is 1. The fourth-order valence-electron chi connectivity index (χ4n) is 3.68. The maximum atomic E-state index is 12.5. The number of fused-ring (bicyclic) bond motifs is 2. The number of sulfonamides is 1. The minimum Gasteiger partial charge on any atom is -0.391 e. The molecule has 7 heteroatoms. The van der Waals surface area contributed by atoms with Crippen molar-refractivity contribution >= 4 is 21.4 Å². The summed E-state index contributed by atoms with van der Waals surface area (Å²) < 4.78 is 27.9. The highest BCUT2D eigenvalue weighted by Crippen LogP contribution is 2.33. The SMILES string of the molecule is CN1C2CCCC1CC(NS(=O)(=O)c1ccsc1CO)C2. The van der Waals surface area contributed by atoms with E-state index in [-0.39, 0.29) is 17.5 Å². The van der Waals surface area contributed by atoms with Crippen molar-refractivity contribution in [2.45, 2.75) is 61.7 Å². The fraction of sp³-hybridized carbons (Fsp3) is 0.714. The van der Waals surface area contributed by atoms with Crippen LogP contribution in [0.5, 0.6) is 0 Å². The Kier molecular flexibility index (Phi) is 4.38. The zero-order valence-corrected chi connectivity index (χ0v) is 13.8. The van der Waals surface area contributed by atoms with E-state index < -0.39 is 10.0 Å². The molecule has 2 saturated heterocycles. The molecule has 2 aliphatic rings. The zero-order chi connectivity index (χ0) is 15.0. The van der Waals surface area contributed by atoms with Crippen molar-refractivity contribution in [1.29, 1.82) is 0 Å². The first-order valence-electron chi connectivity index (χ1n) is 7.42. The first-order valence-corrected chi connectivity index (χ1v) is 9.79. The van der Waals surface area contributed by atoms with Crippen LogP contribution in [0.15, 0.2) is 16.3 Å². The Balaban J connectivity index is 1.74. The minimum atomic E-state index is -3.53. The lowest BCUT2D eigenvalue weighted by atomic mass is 9.83. The Labute approximate surface area is 130 Å². The van der Waals surface area contributed by atoms with Crippen molar-refractivity contribution in [2.75, 3.05) is 7.05 Å². The highest BCUT2D eigenvalue weighted by Gasteiger charge is 2.37. The van der Waals surface area contributed by atoms with Crippen LogP contribution >= 0.6 is 11.3 Å². The number of nitrogens with zero attached hydrogens (tertiary/aromatic N) is 1. The van der Waals surface area contributed by atoms with Gasteiger partial charge < -0.3 is 10.0 Å². The lowest BCUT2D eigenvalue weighted by Gasteiger charge is -2.47. The molecule has 0 spiro atoms. The van der Waals surface area contributed by atoms with Crippen LogP contribution in [0.25, 0.3) is 0 Å². The van der Waals surface area contributed by atoms with Crippen molar-refractivity contribution in [2.24, 2.45) is 0 Å². The fourth-order valence-corrected chi connectivity index (χ4v) is 6.23. The predicted molar refractivity (Wildman–Crippen MR) is 82.8 cm³/mol. The van der Waals surface area contributed by atoms with Gasteiger partial charge in [-0.25, -0.2) is 13.1 Å². The highest BCUT2D eigenvalue weighted by atomic mass is 32.2. The number of hydrogen-bond donors (Lipinski definition) is 2. The van der Waals surface area contributed by atoms with E-state index in [1.165, 1.54) is 17.8 Å². The van der Waals surface area contributed by atoms with Crippen molar-refractivity contribution in [3.05, 3.63) is 16.3 Å². The molecular formula is C14H22N2O3S2. The number of piperidine rings is 2. The van der Waals surface area contributed by atoms with Gasteiger partial charge in [-0.2, -0.15) is 0 Å². The number of hydrogen-bond acceptors (Lipinski definition) is 5. The molecule has 21 heavy (non-hydrogen) atoms. The Hall–Kier alpha value is -0.470. The minimum absolute atomic E-state index is 0.00735. The number of aliphatic hydroxyl groups is 1. The van der Waals surface area contributed by atoms with E-state index in [0.29, 0.717) is 17.0 Å². The third-order valence-electron chi connectivity index (χ3n) is 4.80. The average molecular weight is 330 g/mol. The number of rotatable bonds is 4. The lowest BCUT2D eigenvalue weighted by molar-refractivity contribution is 0.0536. The molecule has 2 bridgehead atoms. The van der Waals surface area contributed by atoms with E-state index in [9.17, 15) is 13.5 Å². The van der Waals surface area contributed by atoms with E-state index in [1.807, 2.05) is 0 Å². The van der Waals surface area contributed by atoms with Crippen LogP contribution in [0.1, 0.15) is 37.0 Å². The third kappa shape index (κ3) is 3.03. The molecule has 1 aromatic heterocycles. The van der Waals surface area contributed by atoms with Gasteiger partial charge in [-0.05, 0) is 44.2 Å². The van der Waals surface area contributed by atoms with E-state index in [1.54, 1.807) is 11.4 Å². The average Bonchev–Trinajstić information content (AvgIpc) is 2.89. The van der Waals surface area contributed by atoms with E-state index in [0.717, 1.165) is 25.7 Å². The second-order valence-corrected chi connectivity index (χ2v) is 8.74. The zero-order valence-electron chi connectivity index (χ0n) is 12.2. The molecule has 0 radical (unpaired) electrons. The quantitative estimate of drug-likeness (QED) is 0.878. The summed E-state index contributed by atoms with van der Waals surface area (Å²) in [6.45, 7) is -0.230. The molecule has 2 unspecified atom stereocenters. The summed E-state index contributed by atoms with van der Waals surface area (Å²) in [6, 6.07) is 2.57. The summed E-state index contributed by atoms with van der Waals surface area (Å²) in [5, 5.41) is 11.0. The lowest BCUT2D eigenvalue weighted by Crippen LogP contribution is -2.55. The summed E-state index contributed by atoms with van der Waals surface area (Å²) in [4.78, 5) is 3.16. The Morgan fingerprint density at radius 1 is 1.38 bits per heavy atom. The first-order chi connectivity index (χ1) is 10.0. The Morgan fingerprint density at radius 2 is 2.05 bits per heavy atom. The molecule has 118 valence electrons. The van der Waals surface area contributed by atoms with Crippen LogP contribution in [-0.4, -0.2) is 43.6 Å². The summed E-state index contributed by atoms with van der Waals surface area (Å²) in [5.74, 6) is 0. The van der Waals surface area contributed by atoms with Gasteiger partial charge in [0.25, 0.3) is 0 Å². The van der Waals surface area contributed by atoms with Gasteiger partial charge in [0.1, 0.15) is 0 Å². The third-order valence-corrected chi connectivity index (χ3v) is 7.44. The summed E-state index contributed by atoms with van der Waals surface area (Å²) >= 11 is 1.28. The van der Waals surface area contributed by atoms with Crippen molar-refractivity contribution in [1.82, 2.24) is 9.62 Å². The van der Waals surface area contributed by atoms with Crippen LogP contribution in [0.3, 0.4) is 0 Å². The van der Waals surface area contributed by atoms with Gasteiger partial charge in [-0.15, -0.1) is 11.3 Å². The van der Waals surface area contributed by atoms with Crippen LogP contribution < -0.4 is 4.72 Å². The van der Waals surface area contributed by atoms with E-state index in [4.69, 9.17) is 0 Å². The van der Waals surface area contributed by atoms with Gasteiger partial charge in [0.15, 0.2) is 0 Å². The van der Waals surface area contributed by atoms with Crippen LogP contribution in [-0.2, 0) is 16.6 Å². The summed E-state index contributed by atoms with van der Waals surface area (Å²) in [5.41, 5.74) is 0. The molecule has 0 saturated carbocycles. The molecule has 2 N–H and O–H groups in total. The maximum Gasteiger partial charge on any atom is 0.242 e. The van der Waals surface area contributed by atoms with Crippen molar-refractivity contribution in [3.63, 3.8) is 0 Å². The number of thiophene rings is 1. The monoisotopic (exact) mass is 330 g/mol. The second kappa shape index (κ2) is 5.96. The first kappa shape index (κ1) is 15.4. The van der Waals surface area contributed by atoms with E-state index in [2.05, 4.69) is 16.7 Å². The van der Waals surface area contributed by atoms with Gasteiger partial charge in [-0.3, -0.25) is 0 Å². The standard InChI is InChI=1S/C14H22N2O3S2/c1-16-11-3-2-4-12(16)8-10(7-11)15-21(18,19)14-5-6-20-13(14)9-17/h5-6,10-12,15,17H,2-4,7-9H2,1H3. The Morgan fingerprint density at radius 3 is 2.67 bits per heavy atom. The van der Waals surface area contributed by atoms with E-state index >= 15 is 0 Å². The molecule has 1 aromatic rings. The second-order valence-electron chi connectivity index (χ2n) is 6.06. The molecule has 0 aromatic carbocycles. The molecule has 2 atom stereocenters. The molecule has 5 nitrogen and oxygen atoms in total. The number of aliphatic hydroxyl groups excluding tert-OH is 1. The van der Waals surface area contributed by atoms with Gasteiger partial charge >= 0.3 is 0 Å². The summed E-state index contributed by atoms with van der Waals surface area (Å²) in [6.07, 6.45) is 5.32. The normalized spacial score (nSPS) is 30.5. The Bertz CT molecular complexity index is 585. The van der Waals surface area contributed by atoms with Crippen LogP contribution in [0, 0.1) is 0 Å². The molecule has 2 fully saturated rings. The van der Waals surface area contributed by atoms with Crippen LogP contribution in [0.4, 0.5) is 0 Å². The van der Waals surface area contributed by atoms with Crippen molar-refractivity contribution < 1.29 is 13.5 Å². The molecule has 0 aliphatic carbocycles. The highest BCUT2D eigenvalue weighted by molar-refractivity contribution is 7.89.